The molecule has 1 atom stereocenters. The highest BCUT2D eigenvalue weighted by atomic mass is 16.5. The monoisotopic (exact) mass is 248 g/mol. The van der Waals surface area contributed by atoms with E-state index in [1.807, 2.05) is 12.1 Å². The summed E-state index contributed by atoms with van der Waals surface area (Å²) in [4.78, 5) is 11.4. The van der Waals surface area contributed by atoms with E-state index in [0.717, 1.165) is 5.56 Å². The van der Waals surface area contributed by atoms with Gasteiger partial charge in [0.2, 0.25) is 5.91 Å². The van der Waals surface area contributed by atoms with Crippen LogP contribution >= 0.6 is 0 Å². The summed E-state index contributed by atoms with van der Waals surface area (Å²) in [6.45, 7) is 1.91. The van der Waals surface area contributed by atoms with Crippen LogP contribution < -0.4 is 14.8 Å². The van der Waals surface area contributed by atoms with Gasteiger partial charge in [-0.15, -0.1) is 0 Å². The number of nitrogens with zero attached hydrogens (tertiary/aromatic N) is 1. The Morgan fingerprint density at radius 3 is 2.61 bits per heavy atom. The van der Waals surface area contributed by atoms with Gasteiger partial charge in [0.25, 0.3) is 0 Å². The Hall–Kier alpha value is -2.22. The number of nitriles is 1. The fraction of sp³-hybridized carbons (Fsp3) is 0.385. The summed E-state index contributed by atoms with van der Waals surface area (Å²) < 4.78 is 10.3. The second-order valence-electron chi connectivity index (χ2n) is 3.76. The molecule has 0 fully saturated rings. The molecule has 0 aromatic heterocycles. The van der Waals surface area contributed by atoms with E-state index in [9.17, 15) is 4.79 Å². The maximum absolute atomic E-state index is 11.4. The van der Waals surface area contributed by atoms with E-state index in [2.05, 4.69) is 5.32 Å². The van der Waals surface area contributed by atoms with Gasteiger partial charge in [0.05, 0.1) is 20.3 Å². The van der Waals surface area contributed by atoms with Crippen LogP contribution in [0.1, 0.15) is 12.5 Å². The van der Waals surface area contributed by atoms with Crippen molar-refractivity contribution in [3.63, 3.8) is 0 Å². The predicted molar refractivity (Wildman–Crippen MR) is 66.2 cm³/mol. The molecular formula is C13H16N2O3. The fourth-order valence-corrected chi connectivity index (χ4v) is 1.39. The minimum atomic E-state index is -0.648. The molecule has 0 aliphatic carbocycles. The van der Waals surface area contributed by atoms with E-state index in [1.54, 1.807) is 33.3 Å². The lowest BCUT2D eigenvalue weighted by atomic mass is 10.1. The summed E-state index contributed by atoms with van der Waals surface area (Å²) in [6, 6.07) is 7.28. The first-order chi connectivity index (χ1) is 8.62. The smallest absolute Gasteiger partial charge is 0.237 e. The molecule has 0 radical (unpaired) electrons. The highest BCUT2D eigenvalue weighted by molar-refractivity contribution is 5.80. The van der Waals surface area contributed by atoms with Gasteiger partial charge in [-0.1, -0.05) is 6.07 Å². The number of amides is 1. The number of carbonyl (C=O) groups is 1. The van der Waals surface area contributed by atoms with Crippen LogP contribution in [0.25, 0.3) is 0 Å². The van der Waals surface area contributed by atoms with Gasteiger partial charge in [-0.3, -0.25) is 4.79 Å². The van der Waals surface area contributed by atoms with E-state index < -0.39 is 5.92 Å². The quantitative estimate of drug-likeness (QED) is 0.856. The lowest BCUT2D eigenvalue weighted by Crippen LogP contribution is -2.27. The van der Waals surface area contributed by atoms with Crippen molar-refractivity contribution in [1.29, 1.82) is 5.26 Å². The molecule has 1 unspecified atom stereocenters. The van der Waals surface area contributed by atoms with Gasteiger partial charge < -0.3 is 14.8 Å². The van der Waals surface area contributed by atoms with Crippen LogP contribution in [0.3, 0.4) is 0 Å². The van der Waals surface area contributed by atoms with E-state index in [1.165, 1.54) is 0 Å². The van der Waals surface area contributed by atoms with Gasteiger partial charge in [0, 0.05) is 6.54 Å². The SMILES string of the molecule is COc1ccc(CNC(=O)C(C)C#N)cc1OC. The van der Waals surface area contributed by atoms with Crippen molar-refractivity contribution in [3.05, 3.63) is 23.8 Å². The number of rotatable bonds is 5. The summed E-state index contributed by atoms with van der Waals surface area (Å²) in [6.07, 6.45) is 0. The summed E-state index contributed by atoms with van der Waals surface area (Å²) in [7, 11) is 3.12. The first kappa shape index (κ1) is 13.8. The molecule has 1 aromatic carbocycles. The zero-order valence-corrected chi connectivity index (χ0v) is 10.7. The maximum Gasteiger partial charge on any atom is 0.237 e. The number of hydrogen-bond donors (Lipinski definition) is 1. The molecule has 0 aliphatic rings. The van der Waals surface area contributed by atoms with Crippen LogP contribution in [0, 0.1) is 17.2 Å². The minimum Gasteiger partial charge on any atom is -0.493 e. The van der Waals surface area contributed by atoms with Crippen molar-refractivity contribution < 1.29 is 14.3 Å². The van der Waals surface area contributed by atoms with Crippen LogP contribution in [-0.2, 0) is 11.3 Å². The van der Waals surface area contributed by atoms with Crippen molar-refractivity contribution >= 4 is 5.91 Å². The van der Waals surface area contributed by atoms with E-state index in [-0.39, 0.29) is 5.91 Å². The summed E-state index contributed by atoms with van der Waals surface area (Å²) in [5.74, 6) is 0.313. The molecule has 1 amide bonds. The standard InChI is InChI=1S/C13H16N2O3/c1-9(7-14)13(16)15-8-10-4-5-11(17-2)12(6-10)18-3/h4-6,9H,8H2,1-3H3,(H,15,16). The molecule has 0 aliphatic heterocycles. The molecule has 5 nitrogen and oxygen atoms in total. The second-order valence-corrected chi connectivity index (χ2v) is 3.76. The van der Waals surface area contributed by atoms with Gasteiger partial charge in [-0.2, -0.15) is 5.26 Å². The molecule has 1 aromatic rings. The number of methoxy groups -OCH3 is 2. The van der Waals surface area contributed by atoms with Crippen LogP contribution in [-0.4, -0.2) is 20.1 Å². The average molecular weight is 248 g/mol. The Balaban J connectivity index is 2.69. The Bertz CT molecular complexity index is 466. The molecule has 0 heterocycles. The number of benzene rings is 1. The van der Waals surface area contributed by atoms with Crippen molar-refractivity contribution in [2.75, 3.05) is 14.2 Å². The third-order valence-electron chi connectivity index (χ3n) is 2.50. The van der Waals surface area contributed by atoms with Gasteiger partial charge >= 0.3 is 0 Å². The minimum absolute atomic E-state index is 0.285. The molecule has 5 heteroatoms. The number of carbonyl (C=O) groups excluding carboxylic acids is 1. The third-order valence-corrected chi connectivity index (χ3v) is 2.50. The molecule has 1 N–H and O–H groups in total. The van der Waals surface area contributed by atoms with Crippen molar-refractivity contribution in [1.82, 2.24) is 5.32 Å². The second kappa shape index (κ2) is 6.50. The topological polar surface area (TPSA) is 71.3 Å². The van der Waals surface area contributed by atoms with Crippen molar-refractivity contribution in [2.45, 2.75) is 13.5 Å². The third kappa shape index (κ3) is 3.39. The summed E-state index contributed by atoms with van der Waals surface area (Å²) in [5, 5.41) is 11.3. The van der Waals surface area contributed by atoms with Crippen LogP contribution in [0.5, 0.6) is 11.5 Å². The molecule has 1 rings (SSSR count). The zero-order valence-electron chi connectivity index (χ0n) is 10.7. The highest BCUT2D eigenvalue weighted by Crippen LogP contribution is 2.27. The van der Waals surface area contributed by atoms with Gasteiger partial charge in [-0.05, 0) is 24.6 Å². The molecule has 0 saturated heterocycles. The molecule has 0 saturated carbocycles. The van der Waals surface area contributed by atoms with Crippen LogP contribution in [0.15, 0.2) is 18.2 Å². The first-order valence-corrected chi connectivity index (χ1v) is 5.50. The Morgan fingerprint density at radius 2 is 2.06 bits per heavy atom. The average Bonchev–Trinajstić information content (AvgIpc) is 2.43. The van der Waals surface area contributed by atoms with Crippen molar-refractivity contribution in [3.8, 4) is 17.6 Å². The van der Waals surface area contributed by atoms with Crippen molar-refractivity contribution in [2.24, 2.45) is 5.92 Å². The van der Waals surface area contributed by atoms with E-state index in [4.69, 9.17) is 14.7 Å². The fourth-order valence-electron chi connectivity index (χ4n) is 1.39. The van der Waals surface area contributed by atoms with E-state index in [0.29, 0.717) is 18.0 Å². The molecule has 18 heavy (non-hydrogen) atoms. The van der Waals surface area contributed by atoms with Gasteiger partial charge in [-0.25, -0.2) is 0 Å². The predicted octanol–water partition coefficient (Wildman–Crippen LogP) is 1.48. The summed E-state index contributed by atoms with van der Waals surface area (Å²) >= 11 is 0. The number of nitrogens with one attached hydrogen (secondary N) is 1. The molecular weight excluding hydrogens is 232 g/mol. The zero-order chi connectivity index (χ0) is 13.5. The first-order valence-electron chi connectivity index (χ1n) is 5.50. The Labute approximate surface area is 106 Å². The number of ether oxygens (including phenoxy) is 2. The normalized spacial score (nSPS) is 11.2. The largest absolute Gasteiger partial charge is 0.493 e. The Morgan fingerprint density at radius 1 is 1.39 bits per heavy atom. The van der Waals surface area contributed by atoms with E-state index >= 15 is 0 Å². The van der Waals surface area contributed by atoms with Gasteiger partial charge in [0.1, 0.15) is 5.92 Å². The summed E-state index contributed by atoms with van der Waals surface area (Å²) in [5.41, 5.74) is 0.881. The molecule has 96 valence electrons. The highest BCUT2D eigenvalue weighted by Gasteiger charge is 2.11. The molecule has 0 bridgehead atoms. The lowest BCUT2D eigenvalue weighted by Gasteiger charge is -2.10. The Kier molecular flexibility index (Phi) is 5.00. The molecule has 0 spiro atoms. The number of hydrogen-bond acceptors (Lipinski definition) is 4. The van der Waals surface area contributed by atoms with Crippen LogP contribution in [0.2, 0.25) is 0 Å². The van der Waals surface area contributed by atoms with Crippen LogP contribution in [0.4, 0.5) is 0 Å². The maximum atomic E-state index is 11.4. The lowest BCUT2D eigenvalue weighted by molar-refractivity contribution is -0.123. The van der Waals surface area contributed by atoms with Gasteiger partial charge in [0.15, 0.2) is 11.5 Å².